The van der Waals surface area contributed by atoms with Crippen LogP contribution in [-0.4, -0.2) is 23.3 Å². The van der Waals surface area contributed by atoms with Crippen molar-refractivity contribution in [3.8, 4) is 11.3 Å². The highest BCUT2D eigenvalue weighted by Gasteiger charge is 2.12. The number of anilines is 1. The molecule has 0 radical (unpaired) electrons. The van der Waals surface area contributed by atoms with Gasteiger partial charge >= 0.3 is 0 Å². The van der Waals surface area contributed by atoms with Crippen LogP contribution in [0.3, 0.4) is 0 Å². The van der Waals surface area contributed by atoms with Gasteiger partial charge in [0.05, 0.1) is 6.20 Å². The Morgan fingerprint density at radius 1 is 1.14 bits per heavy atom. The monoisotopic (exact) mass is 395 g/mol. The highest BCUT2D eigenvalue weighted by atomic mass is 19.1. The van der Waals surface area contributed by atoms with Crippen molar-refractivity contribution in [1.82, 2.24) is 10.3 Å². The third-order valence-corrected chi connectivity index (χ3v) is 4.36. The number of oxazole rings is 1. The average Bonchev–Trinajstić information content (AvgIpc) is 3.18. The summed E-state index contributed by atoms with van der Waals surface area (Å²) in [6, 6.07) is 11.1. The average molecular weight is 395 g/mol. The summed E-state index contributed by atoms with van der Waals surface area (Å²) in [5, 5.41) is 5.57. The quantitative estimate of drug-likeness (QED) is 0.631. The summed E-state index contributed by atoms with van der Waals surface area (Å²) in [7, 11) is 0. The van der Waals surface area contributed by atoms with Crippen LogP contribution in [0.2, 0.25) is 0 Å². The maximum atomic E-state index is 13.0. The summed E-state index contributed by atoms with van der Waals surface area (Å²) in [5.41, 5.74) is 2.66. The van der Waals surface area contributed by atoms with Crippen LogP contribution >= 0.6 is 0 Å². The van der Waals surface area contributed by atoms with Crippen molar-refractivity contribution in [2.45, 2.75) is 26.7 Å². The maximum Gasteiger partial charge on any atom is 0.251 e. The third kappa shape index (κ3) is 5.28. The molecule has 0 aliphatic heterocycles. The minimum absolute atomic E-state index is 0.175. The lowest BCUT2D eigenvalue weighted by Gasteiger charge is -2.10. The minimum atomic E-state index is -0.323. The van der Waals surface area contributed by atoms with E-state index in [0.717, 1.165) is 5.56 Å². The number of aromatic nitrogens is 1. The van der Waals surface area contributed by atoms with Crippen LogP contribution in [0.15, 0.2) is 53.1 Å². The van der Waals surface area contributed by atoms with E-state index >= 15 is 0 Å². The number of benzene rings is 2. The first-order valence-corrected chi connectivity index (χ1v) is 9.35. The van der Waals surface area contributed by atoms with Gasteiger partial charge in [-0.25, -0.2) is 9.37 Å². The molecule has 7 heteroatoms. The lowest BCUT2D eigenvalue weighted by atomic mass is 10.1. The van der Waals surface area contributed by atoms with E-state index in [4.69, 9.17) is 4.42 Å². The first-order valence-electron chi connectivity index (χ1n) is 9.35. The fraction of sp³-hybridized carbons (Fsp3) is 0.227. The second-order valence-electron chi connectivity index (χ2n) is 6.56. The van der Waals surface area contributed by atoms with Gasteiger partial charge in [0.15, 0.2) is 11.7 Å². The molecule has 3 rings (SSSR count). The molecule has 0 atom stereocenters. The molecule has 6 nitrogen and oxygen atoms in total. The Morgan fingerprint density at radius 3 is 2.62 bits per heavy atom. The molecule has 2 N–H and O–H groups in total. The van der Waals surface area contributed by atoms with Gasteiger partial charge in [-0.1, -0.05) is 6.07 Å². The highest BCUT2D eigenvalue weighted by molar-refractivity contribution is 5.97. The van der Waals surface area contributed by atoms with Gasteiger partial charge in [0.2, 0.25) is 5.91 Å². The van der Waals surface area contributed by atoms with Crippen molar-refractivity contribution in [2.24, 2.45) is 0 Å². The van der Waals surface area contributed by atoms with Crippen LogP contribution in [0.4, 0.5) is 10.1 Å². The predicted molar refractivity (Wildman–Crippen MR) is 108 cm³/mol. The second-order valence-corrected chi connectivity index (χ2v) is 6.56. The van der Waals surface area contributed by atoms with Gasteiger partial charge in [-0.05, 0) is 55.8 Å². The van der Waals surface area contributed by atoms with E-state index < -0.39 is 0 Å². The normalized spacial score (nSPS) is 10.6. The highest BCUT2D eigenvalue weighted by Crippen LogP contribution is 2.22. The zero-order valence-electron chi connectivity index (χ0n) is 16.3. The maximum absolute atomic E-state index is 13.0. The van der Waals surface area contributed by atoms with Gasteiger partial charge in [-0.2, -0.15) is 0 Å². The lowest BCUT2D eigenvalue weighted by molar-refractivity contribution is -0.116. The minimum Gasteiger partial charge on any atom is -0.441 e. The Hall–Kier alpha value is -3.48. The van der Waals surface area contributed by atoms with Gasteiger partial charge in [0.1, 0.15) is 5.82 Å². The van der Waals surface area contributed by atoms with Crippen molar-refractivity contribution in [3.05, 3.63) is 71.5 Å². The fourth-order valence-corrected chi connectivity index (χ4v) is 2.77. The fourth-order valence-electron chi connectivity index (χ4n) is 2.77. The number of amides is 2. The van der Waals surface area contributed by atoms with Gasteiger partial charge in [-0.3, -0.25) is 9.59 Å². The van der Waals surface area contributed by atoms with Crippen molar-refractivity contribution in [3.63, 3.8) is 0 Å². The van der Waals surface area contributed by atoms with Gasteiger partial charge in [0.25, 0.3) is 5.91 Å². The summed E-state index contributed by atoms with van der Waals surface area (Å²) < 4.78 is 18.7. The van der Waals surface area contributed by atoms with E-state index in [1.807, 2.05) is 13.8 Å². The van der Waals surface area contributed by atoms with Crippen LogP contribution < -0.4 is 10.6 Å². The molecule has 2 amide bonds. The Bertz CT molecular complexity index is 1010. The van der Waals surface area contributed by atoms with Crippen molar-refractivity contribution in [2.75, 3.05) is 11.9 Å². The Kier molecular flexibility index (Phi) is 6.39. The third-order valence-electron chi connectivity index (χ3n) is 4.36. The number of nitrogens with one attached hydrogen (secondary N) is 2. The van der Waals surface area contributed by atoms with Crippen LogP contribution in [0.5, 0.6) is 0 Å². The summed E-state index contributed by atoms with van der Waals surface area (Å²) in [4.78, 5) is 28.5. The lowest BCUT2D eigenvalue weighted by Crippen LogP contribution is -2.23. The summed E-state index contributed by atoms with van der Waals surface area (Å²) in [6.45, 7) is 4.24. The first kappa shape index (κ1) is 20.3. The van der Waals surface area contributed by atoms with Crippen LogP contribution in [0, 0.1) is 12.7 Å². The van der Waals surface area contributed by atoms with Crippen molar-refractivity contribution < 1.29 is 18.4 Å². The molecule has 150 valence electrons. The van der Waals surface area contributed by atoms with E-state index in [9.17, 15) is 14.0 Å². The Morgan fingerprint density at radius 2 is 1.90 bits per heavy atom. The molecule has 29 heavy (non-hydrogen) atoms. The number of halogens is 1. The molecule has 1 aromatic heterocycles. The van der Waals surface area contributed by atoms with E-state index in [-0.39, 0.29) is 24.1 Å². The molecule has 0 saturated heterocycles. The number of nitrogens with zero attached hydrogens (tertiary/aromatic N) is 1. The Balaban J connectivity index is 1.60. The molecule has 3 aromatic rings. The molecule has 0 aliphatic rings. The zero-order chi connectivity index (χ0) is 20.8. The van der Waals surface area contributed by atoms with Crippen LogP contribution in [0.25, 0.3) is 11.3 Å². The molecule has 0 bridgehead atoms. The second kappa shape index (κ2) is 9.14. The standard InChI is InChI=1S/C22H22FN3O3/c1-3-24-22(28)16-5-4-14(2)18(12-16)26-20(27)10-11-21-25-13-19(29-21)15-6-8-17(23)9-7-15/h4-9,12-13H,3,10-11H2,1-2H3,(H,24,28)(H,26,27). The van der Waals surface area contributed by atoms with E-state index in [1.165, 1.54) is 12.1 Å². The van der Waals surface area contributed by atoms with Gasteiger partial charge < -0.3 is 15.1 Å². The molecular formula is C22H22FN3O3. The summed E-state index contributed by atoms with van der Waals surface area (Å²) in [5.74, 6) is 0.230. The first-order chi connectivity index (χ1) is 14.0. The van der Waals surface area contributed by atoms with E-state index in [0.29, 0.717) is 41.4 Å². The number of carbonyl (C=O) groups excluding carboxylic acids is 2. The van der Waals surface area contributed by atoms with Crippen molar-refractivity contribution >= 4 is 17.5 Å². The van der Waals surface area contributed by atoms with Crippen LogP contribution in [0.1, 0.15) is 35.2 Å². The SMILES string of the molecule is CCNC(=O)c1ccc(C)c(NC(=O)CCc2ncc(-c3ccc(F)cc3)o2)c1. The molecule has 0 fully saturated rings. The van der Waals surface area contributed by atoms with E-state index in [2.05, 4.69) is 15.6 Å². The van der Waals surface area contributed by atoms with Crippen molar-refractivity contribution in [1.29, 1.82) is 0 Å². The molecule has 0 aliphatic carbocycles. The molecular weight excluding hydrogens is 373 g/mol. The molecule has 1 heterocycles. The molecule has 0 saturated carbocycles. The van der Waals surface area contributed by atoms with E-state index in [1.54, 1.807) is 36.5 Å². The predicted octanol–water partition coefficient (Wildman–Crippen LogP) is 4.11. The molecule has 0 unspecified atom stereocenters. The summed E-state index contributed by atoms with van der Waals surface area (Å²) >= 11 is 0. The summed E-state index contributed by atoms with van der Waals surface area (Å²) in [6.07, 6.45) is 2.05. The van der Waals surface area contributed by atoms with Crippen LogP contribution in [-0.2, 0) is 11.2 Å². The number of hydrogen-bond acceptors (Lipinski definition) is 4. The zero-order valence-corrected chi connectivity index (χ0v) is 16.3. The smallest absolute Gasteiger partial charge is 0.251 e. The number of rotatable bonds is 7. The largest absolute Gasteiger partial charge is 0.441 e. The topological polar surface area (TPSA) is 84.2 Å². The molecule has 2 aromatic carbocycles. The number of aryl methyl sites for hydroxylation is 2. The number of carbonyl (C=O) groups is 2. The molecule has 0 spiro atoms. The Labute approximate surface area is 168 Å². The van der Waals surface area contributed by atoms with Gasteiger partial charge in [0, 0.05) is 36.2 Å². The van der Waals surface area contributed by atoms with Gasteiger partial charge in [-0.15, -0.1) is 0 Å². The number of hydrogen-bond donors (Lipinski definition) is 2.